The Bertz CT molecular complexity index is 969. The third kappa shape index (κ3) is 3.08. The molecule has 7 nitrogen and oxygen atoms in total. The van der Waals surface area contributed by atoms with Gasteiger partial charge < -0.3 is 0 Å². The van der Waals surface area contributed by atoms with Crippen molar-refractivity contribution in [2.45, 2.75) is 13.3 Å². The highest BCUT2D eigenvalue weighted by atomic mass is 16.2. The normalized spacial score (nSPS) is 13.8. The molecule has 1 aromatic carbocycles. The van der Waals surface area contributed by atoms with Crippen molar-refractivity contribution in [2.75, 3.05) is 13.1 Å². The number of hydrogen-bond donors (Lipinski definition) is 0. The van der Waals surface area contributed by atoms with E-state index in [0.29, 0.717) is 24.3 Å². The monoisotopic (exact) mass is 361 g/mol. The van der Waals surface area contributed by atoms with Crippen LogP contribution in [0.15, 0.2) is 60.9 Å². The summed E-state index contributed by atoms with van der Waals surface area (Å²) in [6.45, 7) is 2.84. The summed E-state index contributed by atoms with van der Waals surface area (Å²) in [5.74, 6) is -0.494. The van der Waals surface area contributed by atoms with Crippen LogP contribution in [0.1, 0.15) is 33.0 Å². The van der Waals surface area contributed by atoms with Crippen molar-refractivity contribution >= 4 is 11.8 Å². The van der Waals surface area contributed by atoms with Crippen LogP contribution in [-0.2, 0) is 0 Å². The van der Waals surface area contributed by atoms with Gasteiger partial charge in [-0.25, -0.2) is 14.7 Å². The minimum atomic E-state index is -0.269. The first kappa shape index (κ1) is 17.0. The van der Waals surface area contributed by atoms with Crippen LogP contribution in [0, 0.1) is 6.92 Å². The van der Waals surface area contributed by atoms with Crippen molar-refractivity contribution < 1.29 is 9.59 Å². The number of para-hydroxylation sites is 1. The second-order valence-electron chi connectivity index (χ2n) is 6.32. The molecule has 0 aliphatic carbocycles. The molecule has 2 amide bonds. The van der Waals surface area contributed by atoms with Gasteiger partial charge in [0.1, 0.15) is 5.69 Å². The Morgan fingerprint density at radius 2 is 1.63 bits per heavy atom. The van der Waals surface area contributed by atoms with Gasteiger partial charge in [0.05, 0.1) is 23.1 Å². The average Bonchev–Trinajstić information content (AvgIpc) is 3.35. The number of carbonyl (C=O) groups excluding carboxylic acids is 2. The van der Waals surface area contributed by atoms with Crippen LogP contribution in [0.3, 0.4) is 0 Å². The fourth-order valence-corrected chi connectivity index (χ4v) is 3.24. The molecule has 27 heavy (non-hydrogen) atoms. The van der Waals surface area contributed by atoms with Gasteiger partial charge in [-0.1, -0.05) is 24.3 Å². The highest BCUT2D eigenvalue weighted by Gasteiger charge is 2.33. The van der Waals surface area contributed by atoms with Gasteiger partial charge in [-0.15, -0.1) is 0 Å². The predicted octanol–water partition coefficient (Wildman–Crippen LogP) is 2.48. The van der Waals surface area contributed by atoms with Gasteiger partial charge in [0.2, 0.25) is 0 Å². The lowest BCUT2D eigenvalue weighted by molar-refractivity contribution is 0.0182. The SMILES string of the molecule is Cc1c(C(=O)N2CCCN2C(=O)c2ccccn2)cnn1-c1ccccc1. The molecule has 1 saturated heterocycles. The molecular formula is C20H19N5O2. The van der Waals surface area contributed by atoms with E-state index in [1.54, 1.807) is 35.3 Å². The molecule has 3 heterocycles. The third-order valence-electron chi connectivity index (χ3n) is 4.63. The van der Waals surface area contributed by atoms with Crippen molar-refractivity contribution in [1.29, 1.82) is 0 Å². The van der Waals surface area contributed by atoms with E-state index < -0.39 is 0 Å². The summed E-state index contributed by atoms with van der Waals surface area (Å²) < 4.78 is 1.73. The van der Waals surface area contributed by atoms with Gasteiger partial charge >= 0.3 is 0 Å². The van der Waals surface area contributed by atoms with Crippen LogP contribution in [0.4, 0.5) is 0 Å². The Labute approximate surface area is 156 Å². The summed E-state index contributed by atoms with van der Waals surface area (Å²) in [5, 5.41) is 7.33. The van der Waals surface area contributed by atoms with E-state index in [0.717, 1.165) is 17.8 Å². The molecule has 1 fully saturated rings. The lowest BCUT2D eigenvalue weighted by Crippen LogP contribution is -2.45. The zero-order valence-electron chi connectivity index (χ0n) is 14.9. The van der Waals surface area contributed by atoms with Crippen molar-refractivity contribution in [2.24, 2.45) is 0 Å². The van der Waals surface area contributed by atoms with Gasteiger partial charge in [0.25, 0.3) is 11.8 Å². The lowest BCUT2D eigenvalue weighted by Gasteiger charge is -2.27. The Hall–Kier alpha value is -3.48. The minimum absolute atomic E-state index is 0.225. The summed E-state index contributed by atoms with van der Waals surface area (Å²) in [5.41, 5.74) is 2.44. The number of amides is 2. The average molecular weight is 361 g/mol. The number of hydrogen-bond acceptors (Lipinski definition) is 4. The molecule has 7 heteroatoms. The van der Waals surface area contributed by atoms with Crippen LogP contribution < -0.4 is 0 Å². The van der Waals surface area contributed by atoms with E-state index in [2.05, 4.69) is 10.1 Å². The summed E-state index contributed by atoms with van der Waals surface area (Å²) >= 11 is 0. The van der Waals surface area contributed by atoms with Crippen molar-refractivity contribution in [3.05, 3.63) is 77.9 Å². The Kier molecular flexibility index (Phi) is 4.42. The van der Waals surface area contributed by atoms with Crippen LogP contribution in [0.5, 0.6) is 0 Å². The van der Waals surface area contributed by atoms with E-state index >= 15 is 0 Å². The zero-order chi connectivity index (χ0) is 18.8. The third-order valence-corrected chi connectivity index (χ3v) is 4.63. The number of hydrazine groups is 1. The number of benzene rings is 1. The second kappa shape index (κ2) is 7.03. The van der Waals surface area contributed by atoms with Crippen LogP contribution >= 0.6 is 0 Å². The number of nitrogens with zero attached hydrogens (tertiary/aromatic N) is 5. The van der Waals surface area contributed by atoms with Crippen molar-refractivity contribution in [3.63, 3.8) is 0 Å². The zero-order valence-corrected chi connectivity index (χ0v) is 14.9. The van der Waals surface area contributed by atoms with E-state index in [1.165, 1.54) is 10.0 Å². The van der Waals surface area contributed by atoms with Crippen molar-refractivity contribution in [1.82, 2.24) is 24.8 Å². The minimum Gasteiger partial charge on any atom is -0.267 e. The van der Waals surface area contributed by atoms with E-state index in [1.807, 2.05) is 37.3 Å². The van der Waals surface area contributed by atoms with Crippen LogP contribution in [0.25, 0.3) is 5.69 Å². The molecule has 4 rings (SSSR count). The van der Waals surface area contributed by atoms with Gasteiger partial charge in [0, 0.05) is 19.3 Å². The molecule has 0 bridgehead atoms. The quantitative estimate of drug-likeness (QED) is 0.719. The summed E-state index contributed by atoms with van der Waals surface area (Å²) in [6, 6.07) is 14.8. The highest BCUT2D eigenvalue weighted by Crippen LogP contribution is 2.21. The first-order valence-corrected chi connectivity index (χ1v) is 8.81. The standard InChI is InChI=1S/C20H19N5O2/c1-15-17(14-22-25(15)16-8-3-2-4-9-16)19(26)23-12-7-13-24(23)20(27)18-10-5-6-11-21-18/h2-6,8-11,14H,7,12-13H2,1H3. The lowest BCUT2D eigenvalue weighted by atomic mass is 10.2. The Morgan fingerprint density at radius 3 is 2.33 bits per heavy atom. The van der Waals surface area contributed by atoms with Crippen LogP contribution in [0.2, 0.25) is 0 Å². The maximum absolute atomic E-state index is 13.1. The summed E-state index contributed by atoms with van der Waals surface area (Å²) in [7, 11) is 0. The molecule has 1 aliphatic rings. The largest absolute Gasteiger partial charge is 0.291 e. The molecule has 0 radical (unpaired) electrons. The maximum atomic E-state index is 13.1. The van der Waals surface area contributed by atoms with E-state index in [4.69, 9.17) is 0 Å². The van der Waals surface area contributed by atoms with Gasteiger partial charge in [0.15, 0.2) is 0 Å². The number of rotatable bonds is 3. The van der Waals surface area contributed by atoms with Crippen molar-refractivity contribution in [3.8, 4) is 5.69 Å². The highest BCUT2D eigenvalue weighted by molar-refractivity contribution is 5.99. The number of pyridine rings is 1. The molecule has 0 atom stereocenters. The predicted molar refractivity (Wildman–Crippen MR) is 99.2 cm³/mol. The molecule has 3 aromatic rings. The molecule has 2 aromatic heterocycles. The Balaban J connectivity index is 1.61. The van der Waals surface area contributed by atoms with Gasteiger partial charge in [-0.2, -0.15) is 5.10 Å². The van der Waals surface area contributed by atoms with E-state index in [9.17, 15) is 9.59 Å². The topological polar surface area (TPSA) is 71.3 Å². The first-order valence-electron chi connectivity index (χ1n) is 8.81. The smallest absolute Gasteiger partial charge is 0.267 e. The molecule has 136 valence electrons. The molecular weight excluding hydrogens is 342 g/mol. The summed E-state index contributed by atoms with van der Waals surface area (Å²) in [6.07, 6.45) is 3.87. The Morgan fingerprint density at radius 1 is 0.926 bits per heavy atom. The second-order valence-corrected chi connectivity index (χ2v) is 6.32. The fourth-order valence-electron chi connectivity index (χ4n) is 3.24. The number of aromatic nitrogens is 3. The van der Waals surface area contributed by atoms with E-state index in [-0.39, 0.29) is 11.8 Å². The molecule has 1 aliphatic heterocycles. The number of carbonyl (C=O) groups is 2. The maximum Gasteiger partial charge on any atom is 0.291 e. The van der Waals surface area contributed by atoms with Crippen LogP contribution in [-0.4, -0.2) is 49.7 Å². The fraction of sp³-hybridized carbons (Fsp3) is 0.200. The first-order chi connectivity index (χ1) is 13.2. The molecule has 0 unspecified atom stereocenters. The summed E-state index contributed by atoms with van der Waals surface area (Å²) in [4.78, 5) is 30.0. The molecule has 0 spiro atoms. The van der Waals surface area contributed by atoms with Gasteiger partial charge in [-0.3, -0.25) is 14.6 Å². The van der Waals surface area contributed by atoms with Gasteiger partial charge in [-0.05, 0) is 37.6 Å². The molecule has 0 N–H and O–H groups in total. The molecule has 0 saturated carbocycles.